The third-order valence-corrected chi connectivity index (χ3v) is 5.73. The van der Waals surface area contributed by atoms with Crippen molar-refractivity contribution in [2.45, 2.75) is 6.92 Å². The van der Waals surface area contributed by atoms with Gasteiger partial charge >= 0.3 is 0 Å². The predicted octanol–water partition coefficient (Wildman–Crippen LogP) is 3.67. The fourth-order valence-corrected chi connectivity index (χ4v) is 4.10. The topological polar surface area (TPSA) is 39.3 Å². The fourth-order valence-electron chi connectivity index (χ4n) is 3.34. The van der Waals surface area contributed by atoms with Crippen LogP contribution in [0.4, 0.5) is 0 Å². The molecule has 2 aromatic heterocycles. The lowest BCUT2D eigenvalue weighted by Crippen LogP contribution is -2.48. The molecule has 1 aliphatic rings. The Bertz CT molecular complexity index is 845. The number of fused-ring (bicyclic) bond motifs is 1. The van der Waals surface area contributed by atoms with Crippen LogP contribution in [0.25, 0.3) is 21.3 Å². The highest BCUT2D eigenvalue weighted by molar-refractivity contribution is 7.13. The van der Waals surface area contributed by atoms with Crippen molar-refractivity contribution in [1.29, 1.82) is 0 Å². The second-order valence-corrected chi connectivity index (χ2v) is 7.11. The minimum Gasteiger partial charge on any atom is -0.361 e. The van der Waals surface area contributed by atoms with Gasteiger partial charge in [-0.15, -0.1) is 11.3 Å². The molecule has 4 nitrogen and oxygen atoms in total. The van der Waals surface area contributed by atoms with Crippen molar-refractivity contribution in [2.24, 2.45) is 0 Å². The van der Waals surface area contributed by atoms with Crippen molar-refractivity contribution in [3.05, 3.63) is 47.5 Å². The van der Waals surface area contributed by atoms with Crippen LogP contribution in [0, 0.1) is 0 Å². The van der Waals surface area contributed by atoms with Gasteiger partial charge in [0.15, 0.2) is 0 Å². The quantitative estimate of drug-likeness (QED) is 0.791. The van der Waals surface area contributed by atoms with E-state index in [-0.39, 0.29) is 5.91 Å². The molecule has 0 unspecified atom stereocenters. The molecule has 1 N–H and O–H groups in total. The SMILES string of the molecule is CCN1CCN(C(=O)c2ccc3[nH]cc(-c4cccs4)c3c2)CC1. The molecule has 0 saturated carbocycles. The minimum atomic E-state index is 0.144. The van der Waals surface area contributed by atoms with Gasteiger partial charge in [0.1, 0.15) is 0 Å². The van der Waals surface area contributed by atoms with Gasteiger partial charge < -0.3 is 14.8 Å². The number of aromatic nitrogens is 1. The number of amides is 1. The lowest BCUT2D eigenvalue weighted by molar-refractivity contribution is 0.0643. The minimum absolute atomic E-state index is 0.144. The molecule has 3 heterocycles. The number of carbonyl (C=O) groups is 1. The normalized spacial score (nSPS) is 16.0. The van der Waals surface area contributed by atoms with Crippen LogP contribution >= 0.6 is 11.3 Å². The number of nitrogens with one attached hydrogen (secondary N) is 1. The van der Waals surface area contributed by atoms with Gasteiger partial charge in [0.25, 0.3) is 5.91 Å². The first-order valence-corrected chi connectivity index (χ1v) is 9.31. The van der Waals surface area contributed by atoms with Crippen molar-refractivity contribution in [1.82, 2.24) is 14.8 Å². The summed E-state index contributed by atoms with van der Waals surface area (Å²) in [5.41, 5.74) is 3.03. The molecule has 1 aromatic carbocycles. The highest BCUT2D eigenvalue weighted by Gasteiger charge is 2.22. The summed E-state index contributed by atoms with van der Waals surface area (Å²) in [5.74, 6) is 0.144. The largest absolute Gasteiger partial charge is 0.361 e. The van der Waals surface area contributed by atoms with E-state index in [2.05, 4.69) is 34.3 Å². The summed E-state index contributed by atoms with van der Waals surface area (Å²) in [6, 6.07) is 10.2. The summed E-state index contributed by atoms with van der Waals surface area (Å²) >= 11 is 1.72. The standard InChI is InChI=1S/C19H21N3OS/c1-2-21-7-9-22(10-8-21)19(23)14-5-6-17-15(12-14)16(13-20-17)18-4-3-11-24-18/h3-6,11-13,20H,2,7-10H2,1H3. The van der Waals surface area contributed by atoms with E-state index in [1.54, 1.807) is 11.3 Å². The Hall–Kier alpha value is -2.11. The van der Waals surface area contributed by atoms with Gasteiger partial charge in [0, 0.05) is 59.3 Å². The van der Waals surface area contributed by atoms with Gasteiger partial charge in [0.05, 0.1) is 0 Å². The van der Waals surface area contributed by atoms with Crippen LogP contribution in [-0.2, 0) is 0 Å². The van der Waals surface area contributed by atoms with Crippen LogP contribution in [-0.4, -0.2) is 53.4 Å². The number of rotatable bonds is 3. The molecule has 1 aliphatic heterocycles. The second kappa shape index (κ2) is 6.42. The molecular weight excluding hydrogens is 318 g/mol. The van der Waals surface area contributed by atoms with E-state index < -0.39 is 0 Å². The Balaban J connectivity index is 1.63. The third kappa shape index (κ3) is 2.74. The smallest absolute Gasteiger partial charge is 0.253 e. The first-order chi connectivity index (χ1) is 11.8. The lowest BCUT2D eigenvalue weighted by Gasteiger charge is -2.34. The summed E-state index contributed by atoms with van der Waals surface area (Å²) in [4.78, 5) is 21.8. The number of piperazine rings is 1. The second-order valence-electron chi connectivity index (χ2n) is 6.17. The Kier molecular flexibility index (Phi) is 4.12. The summed E-state index contributed by atoms with van der Waals surface area (Å²) in [7, 11) is 0. The van der Waals surface area contributed by atoms with E-state index in [1.165, 1.54) is 10.4 Å². The van der Waals surface area contributed by atoms with E-state index in [0.717, 1.165) is 49.2 Å². The summed E-state index contributed by atoms with van der Waals surface area (Å²) < 4.78 is 0. The van der Waals surface area contributed by atoms with E-state index in [9.17, 15) is 4.79 Å². The number of carbonyl (C=O) groups excluding carboxylic acids is 1. The van der Waals surface area contributed by atoms with Gasteiger partial charge in [-0.25, -0.2) is 0 Å². The maximum absolute atomic E-state index is 12.9. The summed E-state index contributed by atoms with van der Waals surface area (Å²) in [6.07, 6.45) is 2.03. The first-order valence-electron chi connectivity index (χ1n) is 8.43. The zero-order valence-electron chi connectivity index (χ0n) is 13.8. The number of nitrogens with zero attached hydrogens (tertiary/aromatic N) is 2. The van der Waals surface area contributed by atoms with Gasteiger partial charge in [0.2, 0.25) is 0 Å². The van der Waals surface area contributed by atoms with Crippen LogP contribution < -0.4 is 0 Å². The molecule has 4 rings (SSSR count). The molecule has 3 aromatic rings. The van der Waals surface area contributed by atoms with Crippen LogP contribution in [0.1, 0.15) is 17.3 Å². The lowest BCUT2D eigenvalue weighted by atomic mass is 10.1. The number of aromatic amines is 1. The molecule has 24 heavy (non-hydrogen) atoms. The molecule has 5 heteroatoms. The van der Waals surface area contributed by atoms with Crippen LogP contribution in [0.15, 0.2) is 41.9 Å². The average Bonchev–Trinajstić information content (AvgIpc) is 3.29. The zero-order chi connectivity index (χ0) is 16.5. The number of hydrogen-bond donors (Lipinski definition) is 1. The van der Waals surface area contributed by atoms with Gasteiger partial charge in [-0.1, -0.05) is 13.0 Å². The Morgan fingerprint density at radius 1 is 1.21 bits per heavy atom. The van der Waals surface area contributed by atoms with Crippen LogP contribution in [0.5, 0.6) is 0 Å². The molecule has 1 saturated heterocycles. The first kappa shape index (κ1) is 15.4. The molecule has 1 fully saturated rings. The Morgan fingerprint density at radius 2 is 2.04 bits per heavy atom. The van der Waals surface area contributed by atoms with Gasteiger partial charge in [-0.3, -0.25) is 4.79 Å². The number of H-pyrrole nitrogens is 1. The van der Waals surface area contributed by atoms with Crippen molar-refractivity contribution >= 4 is 28.1 Å². The van der Waals surface area contributed by atoms with Crippen molar-refractivity contribution in [3.8, 4) is 10.4 Å². The van der Waals surface area contributed by atoms with E-state index >= 15 is 0 Å². The van der Waals surface area contributed by atoms with Gasteiger partial charge in [-0.2, -0.15) is 0 Å². The summed E-state index contributed by atoms with van der Waals surface area (Å²) in [6.45, 7) is 6.79. The highest BCUT2D eigenvalue weighted by atomic mass is 32.1. The van der Waals surface area contributed by atoms with Gasteiger partial charge in [-0.05, 0) is 36.2 Å². The number of thiophene rings is 1. The maximum Gasteiger partial charge on any atom is 0.253 e. The molecule has 124 valence electrons. The molecule has 0 spiro atoms. The van der Waals surface area contributed by atoms with Crippen molar-refractivity contribution in [3.63, 3.8) is 0 Å². The number of likely N-dealkylation sites (N-methyl/N-ethyl adjacent to an activating group) is 1. The van der Waals surface area contributed by atoms with E-state index in [4.69, 9.17) is 0 Å². The fraction of sp³-hybridized carbons (Fsp3) is 0.316. The molecule has 0 radical (unpaired) electrons. The van der Waals surface area contributed by atoms with Crippen molar-refractivity contribution < 1.29 is 4.79 Å². The van der Waals surface area contributed by atoms with Crippen LogP contribution in [0.2, 0.25) is 0 Å². The van der Waals surface area contributed by atoms with Crippen LogP contribution in [0.3, 0.4) is 0 Å². The Labute approximate surface area is 145 Å². The molecule has 0 aliphatic carbocycles. The molecule has 0 bridgehead atoms. The molecule has 0 atom stereocenters. The predicted molar refractivity (Wildman–Crippen MR) is 99.6 cm³/mol. The summed E-state index contributed by atoms with van der Waals surface area (Å²) in [5, 5.41) is 3.20. The molecular formula is C19H21N3OS. The van der Waals surface area contributed by atoms with E-state index in [0.29, 0.717) is 0 Å². The number of hydrogen-bond acceptors (Lipinski definition) is 3. The zero-order valence-corrected chi connectivity index (χ0v) is 14.6. The average molecular weight is 339 g/mol. The van der Waals surface area contributed by atoms with E-state index in [1.807, 2.05) is 29.3 Å². The Morgan fingerprint density at radius 3 is 2.75 bits per heavy atom. The highest BCUT2D eigenvalue weighted by Crippen LogP contribution is 2.32. The van der Waals surface area contributed by atoms with Crippen molar-refractivity contribution in [2.75, 3.05) is 32.7 Å². The molecule has 1 amide bonds. The number of benzene rings is 1. The monoisotopic (exact) mass is 339 g/mol. The maximum atomic E-state index is 12.9. The third-order valence-electron chi connectivity index (χ3n) is 4.82.